The van der Waals surface area contributed by atoms with E-state index in [-0.39, 0.29) is 6.10 Å². The van der Waals surface area contributed by atoms with E-state index in [2.05, 4.69) is 24.1 Å². The molecule has 0 aromatic carbocycles. The van der Waals surface area contributed by atoms with Crippen LogP contribution in [0, 0.1) is 0 Å². The molecule has 0 atom stereocenters. The van der Waals surface area contributed by atoms with E-state index in [4.69, 9.17) is 21.1 Å². The lowest BCUT2D eigenvalue weighted by Crippen LogP contribution is -2.26. The van der Waals surface area contributed by atoms with Crippen molar-refractivity contribution < 1.29 is 9.47 Å². The highest BCUT2D eigenvalue weighted by Gasteiger charge is 2.17. The Bertz CT molecular complexity index is 406. The third kappa shape index (κ3) is 4.64. The second kappa shape index (κ2) is 7.08. The van der Waals surface area contributed by atoms with Crippen LogP contribution in [0.5, 0.6) is 5.88 Å². The molecule has 1 saturated heterocycles. The van der Waals surface area contributed by atoms with Crippen LogP contribution >= 0.6 is 11.6 Å². The summed E-state index contributed by atoms with van der Waals surface area (Å²) in [5.74, 6) is 0.530. The van der Waals surface area contributed by atoms with E-state index < -0.39 is 0 Å². The van der Waals surface area contributed by atoms with Crippen LogP contribution in [0.4, 0.5) is 0 Å². The molecule has 1 aromatic heterocycles. The van der Waals surface area contributed by atoms with E-state index in [0.29, 0.717) is 16.9 Å². The third-order valence-corrected chi connectivity index (χ3v) is 3.30. The summed E-state index contributed by atoms with van der Waals surface area (Å²) in [6.07, 6.45) is 3.78. The van der Waals surface area contributed by atoms with E-state index in [9.17, 15) is 0 Å². The Morgan fingerprint density at radius 3 is 2.84 bits per heavy atom. The van der Waals surface area contributed by atoms with Crippen molar-refractivity contribution in [2.75, 3.05) is 13.2 Å². The van der Waals surface area contributed by atoms with Crippen molar-refractivity contribution in [3.05, 3.63) is 22.8 Å². The molecule has 0 spiro atoms. The van der Waals surface area contributed by atoms with E-state index in [1.807, 2.05) is 12.3 Å². The van der Waals surface area contributed by atoms with Crippen molar-refractivity contribution in [3.8, 4) is 5.88 Å². The van der Waals surface area contributed by atoms with Crippen LogP contribution in [0.1, 0.15) is 32.3 Å². The maximum Gasteiger partial charge on any atom is 0.232 e. The fourth-order valence-electron chi connectivity index (χ4n) is 1.92. The lowest BCUT2D eigenvalue weighted by atomic mass is 10.1. The molecule has 0 radical (unpaired) electrons. The summed E-state index contributed by atoms with van der Waals surface area (Å²) in [4.78, 5) is 4.32. The van der Waals surface area contributed by atoms with Crippen LogP contribution in [-0.2, 0) is 11.3 Å². The van der Waals surface area contributed by atoms with Crippen molar-refractivity contribution in [1.82, 2.24) is 10.3 Å². The molecular weight excluding hydrogens is 264 g/mol. The molecule has 0 saturated carbocycles. The van der Waals surface area contributed by atoms with Crippen LogP contribution in [0.15, 0.2) is 12.3 Å². The number of aromatic nitrogens is 1. The molecule has 1 fully saturated rings. The van der Waals surface area contributed by atoms with Crippen molar-refractivity contribution in [2.24, 2.45) is 0 Å². The zero-order chi connectivity index (χ0) is 13.7. The minimum absolute atomic E-state index is 0.165. The highest BCUT2D eigenvalue weighted by atomic mass is 35.5. The predicted molar refractivity (Wildman–Crippen MR) is 75.7 cm³/mol. The molecule has 0 unspecified atom stereocenters. The van der Waals surface area contributed by atoms with Crippen LogP contribution in [0.2, 0.25) is 5.02 Å². The first-order valence-corrected chi connectivity index (χ1v) is 7.15. The average molecular weight is 285 g/mol. The summed E-state index contributed by atoms with van der Waals surface area (Å²) in [6.45, 7) is 6.48. The normalized spacial score (nSPS) is 16.8. The lowest BCUT2D eigenvalue weighted by molar-refractivity contribution is 0.0237. The van der Waals surface area contributed by atoms with Gasteiger partial charge in [-0.1, -0.05) is 25.4 Å². The van der Waals surface area contributed by atoms with E-state index >= 15 is 0 Å². The van der Waals surface area contributed by atoms with Gasteiger partial charge < -0.3 is 14.8 Å². The molecule has 0 aliphatic carbocycles. The fraction of sp³-hybridized carbons (Fsp3) is 0.643. The van der Waals surface area contributed by atoms with Gasteiger partial charge in [-0.3, -0.25) is 0 Å². The Morgan fingerprint density at radius 2 is 2.21 bits per heavy atom. The largest absolute Gasteiger partial charge is 0.473 e. The monoisotopic (exact) mass is 284 g/mol. The van der Waals surface area contributed by atoms with Crippen molar-refractivity contribution in [2.45, 2.75) is 45.4 Å². The van der Waals surface area contributed by atoms with E-state index in [1.54, 1.807) is 0 Å². The molecular formula is C14H21ClN2O2. The molecule has 19 heavy (non-hydrogen) atoms. The van der Waals surface area contributed by atoms with Gasteiger partial charge in [-0.05, 0) is 11.6 Å². The molecule has 1 N–H and O–H groups in total. The van der Waals surface area contributed by atoms with Gasteiger partial charge in [0.2, 0.25) is 5.88 Å². The quantitative estimate of drug-likeness (QED) is 0.903. The summed E-state index contributed by atoms with van der Waals surface area (Å²) in [7, 11) is 0. The van der Waals surface area contributed by atoms with Gasteiger partial charge in [-0.15, -0.1) is 0 Å². The molecule has 0 bridgehead atoms. The van der Waals surface area contributed by atoms with Crippen molar-refractivity contribution in [3.63, 3.8) is 0 Å². The number of hydrogen-bond acceptors (Lipinski definition) is 4. The third-order valence-electron chi connectivity index (χ3n) is 3.03. The van der Waals surface area contributed by atoms with Gasteiger partial charge in [0.1, 0.15) is 11.1 Å². The Morgan fingerprint density at radius 1 is 1.47 bits per heavy atom. The van der Waals surface area contributed by atoms with Gasteiger partial charge >= 0.3 is 0 Å². The summed E-state index contributed by atoms with van der Waals surface area (Å²) in [5.41, 5.74) is 1.07. The Hall–Kier alpha value is -0.840. The number of pyridine rings is 1. The second-order valence-corrected chi connectivity index (χ2v) is 5.50. The Balaban J connectivity index is 1.94. The predicted octanol–water partition coefficient (Wildman–Crippen LogP) is 2.79. The summed E-state index contributed by atoms with van der Waals surface area (Å²) in [5, 5.41) is 3.91. The highest BCUT2D eigenvalue weighted by molar-refractivity contribution is 6.31. The summed E-state index contributed by atoms with van der Waals surface area (Å²) in [6, 6.07) is 2.36. The highest BCUT2D eigenvalue weighted by Crippen LogP contribution is 2.25. The van der Waals surface area contributed by atoms with Gasteiger partial charge in [-0.2, -0.15) is 0 Å². The molecule has 106 valence electrons. The van der Waals surface area contributed by atoms with Crippen LogP contribution < -0.4 is 10.1 Å². The van der Waals surface area contributed by atoms with Crippen LogP contribution in [0.3, 0.4) is 0 Å². The van der Waals surface area contributed by atoms with E-state index in [1.165, 1.54) is 0 Å². The number of ether oxygens (including phenoxy) is 2. The molecule has 0 amide bonds. The second-order valence-electron chi connectivity index (χ2n) is 5.10. The number of nitrogens with one attached hydrogen (secondary N) is 1. The van der Waals surface area contributed by atoms with Crippen molar-refractivity contribution in [1.29, 1.82) is 0 Å². The first-order chi connectivity index (χ1) is 9.15. The van der Waals surface area contributed by atoms with Gasteiger partial charge in [0, 0.05) is 31.6 Å². The SMILES string of the molecule is CC(C)NCc1cnc(OC2CCOCC2)c(Cl)c1. The number of halogens is 1. The number of nitrogens with zero attached hydrogens (tertiary/aromatic N) is 1. The lowest BCUT2D eigenvalue weighted by Gasteiger charge is -2.23. The van der Waals surface area contributed by atoms with Crippen LogP contribution in [0.25, 0.3) is 0 Å². The molecule has 2 heterocycles. The minimum atomic E-state index is 0.165. The zero-order valence-electron chi connectivity index (χ0n) is 11.5. The van der Waals surface area contributed by atoms with Gasteiger partial charge in [0.25, 0.3) is 0 Å². The fourth-order valence-corrected chi connectivity index (χ4v) is 2.16. The minimum Gasteiger partial charge on any atom is -0.473 e. The standard InChI is InChI=1S/C14H21ClN2O2/c1-10(2)16-8-11-7-13(15)14(17-9-11)19-12-3-5-18-6-4-12/h7,9-10,12,16H,3-6,8H2,1-2H3. The van der Waals surface area contributed by atoms with Crippen LogP contribution in [-0.4, -0.2) is 30.3 Å². The first-order valence-electron chi connectivity index (χ1n) is 6.77. The molecule has 2 rings (SSSR count). The van der Waals surface area contributed by atoms with Gasteiger partial charge in [-0.25, -0.2) is 4.98 Å². The smallest absolute Gasteiger partial charge is 0.232 e. The van der Waals surface area contributed by atoms with E-state index in [0.717, 1.165) is 38.2 Å². The zero-order valence-corrected chi connectivity index (χ0v) is 12.2. The molecule has 5 heteroatoms. The summed E-state index contributed by atoms with van der Waals surface area (Å²) < 4.78 is 11.1. The van der Waals surface area contributed by atoms with Crippen molar-refractivity contribution >= 4 is 11.6 Å². The van der Waals surface area contributed by atoms with Gasteiger partial charge in [0.05, 0.1) is 13.2 Å². The maximum atomic E-state index is 6.22. The average Bonchev–Trinajstić information content (AvgIpc) is 2.40. The maximum absolute atomic E-state index is 6.22. The Kier molecular flexibility index (Phi) is 5.43. The summed E-state index contributed by atoms with van der Waals surface area (Å²) >= 11 is 6.22. The molecule has 1 aliphatic rings. The first kappa shape index (κ1) is 14.6. The molecule has 1 aromatic rings. The topological polar surface area (TPSA) is 43.4 Å². The molecule has 4 nitrogen and oxygen atoms in total. The van der Waals surface area contributed by atoms with Gasteiger partial charge in [0.15, 0.2) is 0 Å². The molecule has 1 aliphatic heterocycles. The Labute approximate surface area is 119 Å². The number of rotatable bonds is 5. The number of hydrogen-bond donors (Lipinski definition) is 1.